The number of hydrogen-bond acceptors (Lipinski definition) is 5. The second-order valence-electron chi connectivity index (χ2n) is 8.71. The van der Waals surface area contributed by atoms with E-state index in [0.29, 0.717) is 11.3 Å². The van der Waals surface area contributed by atoms with Crippen LogP contribution in [-0.4, -0.2) is 41.3 Å². The second-order valence-corrected chi connectivity index (χ2v) is 10.4. The fourth-order valence-electron chi connectivity index (χ4n) is 4.17. The zero-order valence-electron chi connectivity index (χ0n) is 18.7. The van der Waals surface area contributed by atoms with Crippen LogP contribution >= 0.6 is 0 Å². The number of alkyl halides is 2. The summed E-state index contributed by atoms with van der Waals surface area (Å²) in [6.07, 6.45) is 1.71. The average molecular weight is 495 g/mol. The van der Waals surface area contributed by atoms with Gasteiger partial charge in [0.2, 0.25) is 10.0 Å². The molecule has 2 aromatic carbocycles. The maximum atomic E-state index is 14.9. The van der Waals surface area contributed by atoms with E-state index in [2.05, 4.69) is 14.9 Å². The molecule has 0 saturated heterocycles. The number of aromatic nitrogens is 3. The molecule has 1 saturated carbocycles. The summed E-state index contributed by atoms with van der Waals surface area (Å²) in [5, 5.41) is 7.27. The van der Waals surface area contributed by atoms with Gasteiger partial charge >= 0.3 is 0 Å². The van der Waals surface area contributed by atoms with E-state index in [0.717, 1.165) is 6.07 Å². The van der Waals surface area contributed by atoms with Crippen molar-refractivity contribution in [2.75, 3.05) is 0 Å². The van der Waals surface area contributed by atoms with Gasteiger partial charge in [0.25, 0.3) is 5.92 Å². The van der Waals surface area contributed by atoms with E-state index in [1.165, 1.54) is 29.4 Å². The standard InChI is InChI=1S/C23H25F3N4O3S/c1-15(2)33-19-5-3-16(4-6-19)21-8-7-20(10-22(21)24)34(31,32)29-17-9-18(12-23(25,26)11-17)30-13-27-28-14-30/h3-8,10,13-15,17-18,29H,9,11-12H2,1-2H3/t17-,18-/m0/s1. The molecule has 1 aliphatic rings. The number of nitrogens with zero attached hydrogens (tertiary/aromatic N) is 3. The average Bonchev–Trinajstić information content (AvgIpc) is 3.27. The fraction of sp³-hybridized carbons (Fsp3) is 0.391. The van der Waals surface area contributed by atoms with Gasteiger partial charge in [0.15, 0.2) is 0 Å². The summed E-state index contributed by atoms with van der Waals surface area (Å²) in [6.45, 7) is 3.79. The molecule has 0 spiro atoms. The quantitative estimate of drug-likeness (QED) is 0.520. The molecule has 11 heteroatoms. The lowest BCUT2D eigenvalue weighted by Crippen LogP contribution is -2.45. The third kappa shape index (κ3) is 5.58. The molecule has 1 aromatic heterocycles. The van der Waals surface area contributed by atoms with Crippen molar-refractivity contribution < 1.29 is 26.3 Å². The Morgan fingerprint density at radius 2 is 1.76 bits per heavy atom. The molecule has 1 N–H and O–H groups in total. The van der Waals surface area contributed by atoms with Crippen molar-refractivity contribution in [3.63, 3.8) is 0 Å². The van der Waals surface area contributed by atoms with Crippen LogP contribution in [0.4, 0.5) is 13.2 Å². The topological polar surface area (TPSA) is 86.1 Å². The molecule has 2 atom stereocenters. The first-order chi connectivity index (χ1) is 16.0. The molecule has 0 bridgehead atoms. The first-order valence-corrected chi connectivity index (χ1v) is 12.3. The van der Waals surface area contributed by atoms with Crippen molar-refractivity contribution in [1.29, 1.82) is 0 Å². The molecule has 7 nitrogen and oxygen atoms in total. The third-order valence-corrected chi connectivity index (χ3v) is 7.12. The number of sulfonamides is 1. The zero-order valence-corrected chi connectivity index (χ0v) is 19.5. The molecular formula is C23H25F3N4O3S. The summed E-state index contributed by atoms with van der Waals surface area (Å²) >= 11 is 0. The number of ether oxygens (including phenoxy) is 1. The molecule has 0 radical (unpaired) electrons. The smallest absolute Gasteiger partial charge is 0.251 e. The van der Waals surface area contributed by atoms with Gasteiger partial charge in [-0.05, 0) is 50.1 Å². The van der Waals surface area contributed by atoms with Gasteiger partial charge in [-0.15, -0.1) is 10.2 Å². The Labute approximate surface area is 196 Å². The lowest BCUT2D eigenvalue weighted by Gasteiger charge is -2.35. The molecular weight excluding hydrogens is 469 g/mol. The zero-order chi connectivity index (χ0) is 24.5. The Balaban J connectivity index is 1.51. The van der Waals surface area contributed by atoms with Crippen LogP contribution in [0.25, 0.3) is 11.1 Å². The lowest BCUT2D eigenvalue weighted by atomic mass is 9.88. The largest absolute Gasteiger partial charge is 0.491 e. The predicted molar refractivity (Wildman–Crippen MR) is 120 cm³/mol. The number of nitrogens with one attached hydrogen (secondary N) is 1. The first-order valence-electron chi connectivity index (χ1n) is 10.8. The molecule has 0 aliphatic heterocycles. The summed E-state index contributed by atoms with van der Waals surface area (Å²) in [6, 6.07) is 8.59. The first kappa shape index (κ1) is 24.2. The van der Waals surface area contributed by atoms with Gasteiger partial charge in [-0.25, -0.2) is 26.3 Å². The molecule has 34 heavy (non-hydrogen) atoms. The minimum Gasteiger partial charge on any atom is -0.491 e. The maximum absolute atomic E-state index is 14.9. The van der Waals surface area contributed by atoms with E-state index < -0.39 is 46.7 Å². The summed E-state index contributed by atoms with van der Waals surface area (Å²) in [7, 11) is -4.23. The summed E-state index contributed by atoms with van der Waals surface area (Å²) < 4.78 is 78.6. The van der Waals surface area contributed by atoms with E-state index >= 15 is 0 Å². The van der Waals surface area contributed by atoms with Gasteiger partial charge < -0.3 is 9.30 Å². The predicted octanol–water partition coefficient (Wildman–Crippen LogP) is 4.58. The van der Waals surface area contributed by atoms with Gasteiger partial charge in [-0.1, -0.05) is 18.2 Å². The van der Waals surface area contributed by atoms with E-state index in [1.54, 1.807) is 24.3 Å². The van der Waals surface area contributed by atoms with Crippen LogP contribution in [0.3, 0.4) is 0 Å². The van der Waals surface area contributed by atoms with Crippen LogP contribution in [0.5, 0.6) is 5.75 Å². The van der Waals surface area contributed by atoms with Gasteiger partial charge in [0, 0.05) is 30.5 Å². The van der Waals surface area contributed by atoms with E-state index in [1.807, 2.05) is 13.8 Å². The Kier molecular flexibility index (Phi) is 6.68. The van der Waals surface area contributed by atoms with Crippen LogP contribution in [0.15, 0.2) is 60.0 Å². The number of benzene rings is 2. The highest BCUT2D eigenvalue weighted by molar-refractivity contribution is 7.89. The molecule has 1 aliphatic carbocycles. The summed E-state index contributed by atoms with van der Waals surface area (Å²) in [5.74, 6) is -3.17. The molecule has 0 amide bonds. The molecule has 182 valence electrons. The normalized spacial score (nSPS) is 20.4. The van der Waals surface area contributed by atoms with Crippen LogP contribution in [0.2, 0.25) is 0 Å². The number of rotatable bonds is 7. The van der Waals surface area contributed by atoms with Gasteiger partial charge in [0.1, 0.15) is 24.2 Å². The lowest BCUT2D eigenvalue weighted by molar-refractivity contribution is -0.0577. The van der Waals surface area contributed by atoms with Crippen LogP contribution in [0.1, 0.15) is 39.2 Å². The van der Waals surface area contributed by atoms with Crippen LogP contribution < -0.4 is 9.46 Å². The monoisotopic (exact) mass is 494 g/mol. The number of hydrogen-bond donors (Lipinski definition) is 1. The summed E-state index contributed by atoms with van der Waals surface area (Å²) in [4.78, 5) is -0.330. The van der Waals surface area contributed by atoms with E-state index in [4.69, 9.17) is 4.74 Å². The van der Waals surface area contributed by atoms with Crippen molar-refractivity contribution in [3.8, 4) is 16.9 Å². The Bertz CT molecular complexity index is 1230. The van der Waals surface area contributed by atoms with Crippen molar-refractivity contribution in [3.05, 3.63) is 60.9 Å². The van der Waals surface area contributed by atoms with Crippen molar-refractivity contribution in [2.45, 2.75) is 62.1 Å². The Hall–Kier alpha value is -2.92. The SMILES string of the molecule is CC(C)Oc1ccc(-c2ccc(S(=O)(=O)N[C@H]3C[C@H](n4cnnc4)CC(F)(F)C3)cc2F)cc1. The maximum Gasteiger partial charge on any atom is 0.251 e. The Morgan fingerprint density at radius 3 is 2.38 bits per heavy atom. The highest BCUT2D eigenvalue weighted by atomic mass is 32.2. The van der Waals surface area contributed by atoms with Gasteiger partial charge in [-0.2, -0.15) is 0 Å². The molecule has 0 unspecified atom stereocenters. The van der Waals surface area contributed by atoms with Crippen LogP contribution in [-0.2, 0) is 10.0 Å². The molecule has 3 aromatic rings. The molecule has 1 fully saturated rings. The third-order valence-electron chi connectivity index (χ3n) is 5.60. The van der Waals surface area contributed by atoms with E-state index in [-0.39, 0.29) is 23.0 Å². The van der Waals surface area contributed by atoms with Crippen LogP contribution in [0, 0.1) is 5.82 Å². The Morgan fingerprint density at radius 1 is 1.09 bits per heavy atom. The fourth-order valence-corrected chi connectivity index (χ4v) is 5.43. The van der Waals surface area contributed by atoms with Crippen molar-refractivity contribution in [1.82, 2.24) is 19.5 Å². The summed E-state index contributed by atoms with van der Waals surface area (Å²) in [5.41, 5.74) is 0.765. The number of halogens is 3. The molecule has 4 rings (SSSR count). The minimum atomic E-state index is -4.23. The second kappa shape index (κ2) is 9.38. The highest BCUT2D eigenvalue weighted by Gasteiger charge is 2.43. The minimum absolute atomic E-state index is 0.00409. The molecule has 1 heterocycles. The van der Waals surface area contributed by atoms with E-state index in [9.17, 15) is 21.6 Å². The van der Waals surface area contributed by atoms with Crippen molar-refractivity contribution >= 4 is 10.0 Å². The highest BCUT2D eigenvalue weighted by Crippen LogP contribution is 2.39. The van der Waals surface area contributed by atoms with Gasteiger partial charge in [-0.3, -0.25) is 0 Å². The van der Waals surface area contributed by atoms with Crippen molar-refractivity contribution in [2.24, 2.45) is 0 Å². The van der Waals surface area contributed by atoms with Gasteiger partial charge in [0.05, 0.1) is 11.0 Å².